The number of aryl methyl sites for hydroxylation is 1. The molecule has 1 saturated carbocycles. The lowest BCUT2D eigenvalue weighted by Crippen LogP contribution is -2.55. The van der Waals surface area contributed by atoms with Crippen molar-refractivity contribution in [3.05, 3.63) is 59.7 Å². The summed E-state index contributed by atoms with van der Waals surface area (Å²) in [6, 6.07) is 12.1. The molecule has 1 unspecified atom stereocenters. The predicted molar refractivity (Wildman–Crippen MR) is 148 cm³/mol. The highest BCUT2D eigenvalue weighted by Gasteiger charge is 2.41. The number of amides is 3. The number of benzene rings is 2. The van der Waals surface area contributed by atoms with Crippen LogP contribution < -0.4 is 15.5 Å². The van der Waals surface area contributed by atoms with Gasteiger partial charge in [-0.05, 0) is 60.9 Å². The molecule has 2 aromatic rings. The first-order valence-corrected chi connectivity index (χ1v) is 13.2. The van der Waals surface area contributed by atoms with Crippen molar-refractivity contribution in [2.45, 2.75) is 66.3 Å². The summed E-state index contributed by atoms with van der Waals surface area (Å²) in [5, 5.41) is 15.4. The van der Waals surface area contributed by atoms with E-state index in [1.54, 1.807) is 63.2 Å². The van der Waals surface area contributed by atoms with Gasteiger partial charge in [-0.2, -0.15) is 0 Å². The molecule has 0 spiro atoms. The lowest BCUT2D eigenvalue weighted by molar-refractivity contribution is -0.142. The molecule has 3 rings (SSSR count). The van der Waals surface area contributed by atoms with E-state index in [9.17, 15) is 24.3 Å². The standard InChI is InChI=1S/C30H39N3O5/c1-19-13-15-21(16-14-19)26(35)23-11-6-7-12-24(23)33(27(28(36)37)30(3,4)5)25(34)18-31-29(38)32-22-10-8-9-20(2)17-22/h6-12,17,19,21,27H,13-16,18H2,1-5H3,(H,36,37)(H2,31,32,38). The van der Waals surface area contributed by atoms with Gasteiger partial charge >= 0.3 is 12.0 Å². The number of carboxylic acids is 1. The van der Waals surface area contributed by atoms with Gasteiger partial charge < -0.3 is 15.7 Å². The minimum atomic E-state index is -1.27. The van der Waals surface area contributed by atoms with E-state index in [1.807, 2.05) is 13.0 Å². The number of para-hydroxylation sites is 1. The van der Waals surface area contributed by atoms with Crippen LogP contribution in [0.3, 0.4) is 0 Å². The summed E-state index contributed by atoms with van der Waals surface area (Å²) < 4.78 is 0. The fourth-order valence-electron chi connectivity index (χ4n) is 5.06. The van der Waals surface area contributed by atoms with Crippen LogP contribution in [0.25, 0.3) is 0 Å². The Kier molecular flexibility index (Phi) is 9.31. The number of carbonyl (C=O) groups is 4. The largest absolute Gasteiger partial charge is 0.480 e. The number of hydrogen-bond acceptors (Lipinski definition) is 4. The van der Waals surface area contributed by atoms with Gasteiger partial charge in [0.05, 0.1) is 12.2 Å². The van der Waals surface area contributed by atoms with E-state index in [0.717, 1.165) is 31.2 Å². The zero-order valence-corrected chi connectivity index (χ0v) is 22.9. The van der Waals surface area contributed by atoms with Crippen molar-refractivity contribution < 1.29 is 24.3 Å². The van der Waals surface area contributed by atoms with Crippen LogP contribution >= 0.6 is 0 Å². The number of anilines is 2. The van der Waals surface area contributed by atoms with Crippen molar-refractivity contribution >= 4 is 35.1 Å². The maximum atomic E-state index is 13.7. The molecule has 3 amide bonds. The van der Waals surface area contributed by atoms with Crippen molar-refractivity contribution in [1.82, 2.24) is 5.32 Å². The van der Waals surface area contributed by atoms with Gasteiger partial charge in [0.1, 0.15) is 6.04 Å². The molecule has 38 heavy (non-hydrogen) atoms. The number of hydrogen-bond donors (Lipinski definition) is 3. The van der Waals surface area contributed by atoms with Crippen molar-refractivity contribution in [3.8, 4) is 0 Å². The second kappa shape index (κ2) is 12.2. The Bertz CT molecular complexity index is 1180. The molecule has 1 aliphatic rings. The highest BCUT2D eigenvalue weighted by Crippen LogP contribution is 2.36. The lowest BCUT2D eigenvalue weighted by Gasteiger charge is -2.38. The van der Waals surface area contributed by atoms with E-state index in [4.69, 9.17) is 0 Å². The first-order chi connectivity index (χ1) is 17.9. The number of nitrogens with zero attached hydrogens (tertiary/aromatic N) is 1. The van der Waals surface area contributed by atoms with Gasteiger partial charge in [-0.3, -0.25) is 14.5 Å². The van der Waals surface area contributed by atoms with Gasteiger partial charge in [0, 0.05) is 17.2 Å². The number of carbonyl (C=O) groups excluding carboxylic acids is 3. The van der Waals surface area contributed by atoms with Crippen molar-refractivity contribution in [3.63, 3.8) is 0 Å². The SMILES string of the molecule is Cc1cccc(NC(=O)NCC(=O)N(c2ccccc2C(=O)C2CCC(C)CC2)C(C(=O)O)C(C)(C)C)c1. The Morgan fingerprint density at radius 3 is 2.26 bits per heavy atom. The molecule has 0 saturated heterocycles. The smallest absolute Gasteiger partial charge is 0.327 e. The second-order valence-electron chi connectivity index (χ2n) is 11.4. The van der Waals surface area contributed by atoms with Crippen LogP contribution in [0, 0.1) is 24.2 Å². The number of Topliss-reactive ketones (excluding diaryl/α,β-unsaturated/α-hetero) is 1. The molecule has 1 fully saturated rings. The highest BCUT2D eigenvalue weighted by atomic mass is 16.4. The third kappa shape index (κ3) is 7.21. The Balaban J connectivity index is 1.91. The van der Waals surface area contributed by atoms with Crippen LogP contribution in [-0.2, 0) is 9.59 Å². The summed E-state index contributed by atoms with van der Waals surface area (Å²) in [6.07, 6.45) is 3.46. The summed E-state index contributed by atoms with van der Waals surface area (Å²) in [5.74, 6) is -1.48. The van der Waals surface area contributed by atoms with Crippen LogP contribution in [0.1, 0.15) is 69.3 Å². The lowest BCUT2D eigenvalue weighted by atomic mass is 9.79. The van der Waals surface area contributed by atoms with Gasteiger partial charge in [-0.15, -0.1) is 0 Å². The van der Waals surface area contributed by atoms with E-state index >= 15 is 0 Å². The highest BCUT2D eigenvalue weighted by molar-refractivity contribution is 6.09. The molecule has 8 heteroatoms. The fraction of sp³-hybridized carbons (Fsp3) is 0.467. The third-order valence-corrected chi connectivity index (χ3v) is 7.07. The van der Waals surface area contributed by atoms with E-state index in [1.165, 1.54) is 4.90 Å². The average Bonchev–Trinajstić information content (AvgIpc) is 2.85. The molecule has 0 heterocycles. The van der Waals surface area contributed by atoms with Crippen molar-refractivity contribution in [2.24, 2.45) is 17.3 Å². The number of aliphatic carboxylic acids is 1. The average molecular weight is 522 g/mol. The molecule has 1 aliphatic carbocycles. The Morgan fingerprint density at radius 2 is 1.66 bits per heavy atom. The van der Waals surface area contributed by atoms with Crippen LogP contribution in [0.5, 0.6) is 0 Å². The second-order valence-corrected chi connectivity index (χ2v) is 11.4. The minimum absolute atomic E-state index is 0.0755. The molecule has 3 N–H and O–H groups in total. The fourth-order valence-corrected chi connectivity index (χ4v) is 5.06. The zero-order valence-electron chi connectivity index (χ0n) is 22.9. The Labute approximate surface area is 224 Å². The summed E-state index contributed by atoms with van der Waals surface area (Å²) in [5.41, 5.74) is 1.27. The van der Waals surface area contributed by atoms with E-state index < -0.39 is 35.9 Å². The molecular formula is C30H39N3O5. The van der Waals surface area contributed by atoms with Crippen LogP contribution in [0.2, 0.25) is 0 Å². The quantitative estimate of drug-likeness (QED) is 0.388. The first-order valence-electron chi connectivity index (χ1n) is 13.2. The normalized spacial score (nSPS) is 18.2. The number of urea groups is 1. The van der Waals surface area contributed by atoms with Crippen LogP contribution in [0.15, 0.2) is 48.5 Å². The van der Waals surface area contributed by atoms with Crippen molar-refractivity contribution in [2.75, 3.05) is 16.8 Å². The van der Waals surface area contributed by atoms with E-state index in [0.29, 0.717) is 17.2 Å². The Morgan fingerprint density at radius 1 is 1.00 bits per heavy atom. The molecule has 1 atom stereocenters. The van der Waals surface area contributed by atoms with Gasteiger partial charge in [-0.25, -0.2) is 9.59 Å². The molecule has 0 radical (unpaired) electrons. The van der Waals surface area contributed by atoms with Gasteiger partial charge in [0.15, 0.2) is 5.78 Å². The Hall–Kier alpha value is -3.68. The van der Waals surface area contributed by atoms with E-state index in [-0.39, 0.29) is 17.4 Å². The first kappa shape index (κ1) is 28.9. The number of nitrogens with one attached hydrogen (secondary N) is 2. The molecule has 2 aromatic carbocycles. The molecule has 0 aromatic heterocycles. The topological polar surface area (TPSA) is 116 Å². The molecule has 0 aliphatic heterocycles. The van der Waals surface area contributed by atoms with E-state index in [2.05, 4.69) is 17.6 Å². The van der Waals surface area contributed by atoms with Gasteiger partial charge in [0.25, 0.3) is 0 Å². The van der Waals surface area contributed by atoms with Gasteiger partial charge in [-0.1, -0.05) is 64.8 Å². The molecular weight excluding hydrogens is 482 g/mol. The number of ketones is 1. The maximum absolute atomic E-state index is 13.7. The zero-order chi connectivity index (χ0) is 28.0. The predicted octanol–water partition coefficient (Wildman–Crippen LogP) is 5.66. The van der Waals surface area contributed by atoms with Gasteiger partial charge in [0.2, 0.25) is 5.91 Å². The number of carboxylic acid groups (broad SMARTS) is 1. The maximum Gasteiger partial charge on any atom is 0.327 e. The summed E-state index contributed by atoms with van der Waals surface area (Å²) >= 11 is 0. The molecule has 0 bridgehead atoms. The van der Waals surface area contributed by atoms with Crippen LogP contribution in [0.4, 0.5) is 16.2 Å². The molecule has 204 valence electrons. The number of rotatable bonds is 8. The minimum Gasteiger partial charge on any atom is -0.480 e. The summed E-state index contributed by atoms with van der Waals surface area (Å²) in [6.45, 7) is 8.83. The third-order valence-electron chi connectivity index (χ3n) is 7.07. The molecule has 8 nitrogen and oxygen atoms in total. The van der Waals surface area contributed by atoms with Crippen molar-refractivity contribution in [1.29, 1.82) is 0 Å². The van der Waals surface area contributed by atoms with Crippen LogP contribution in [-0.4, -0.2) is 41.4 Å². The summed E-state index contributed by atoms with van der Waals surface area (Å²) in [7, 11) is 0. The monoisotopic (exact) mass is 521 g/mol. The summed E-state index contributed by atoms with van der Waals surface area (Å²) in [4.78, 5) is 53.5.